The van der Waals surface area contributed by atoms with Crippen LogP contribution < -0.4 is 20.1 Å². The van der Waals surface area contributed by atoms with Crippen LogP contribution in [0.2, 0.25) is 10.0 Å². The SMILES string of the molecule is COc1ccc(/C=C/C(=O)NCc2nnc(SCC(=O)Nc3ccc(Cl)c(Cl)c3)n2C)cc1OC. The van der Waals surface area contributed by atoms with Crippen LogP contribution in [0, 0.1) is 0 Å². The van der Waals surface area contributed by atoms with Crippen molar-refractivity contribution >= 4 is 58.5 Å². The van der Waals surface area contributed by atoms with E-state index in [2.05, 4.69) is 20.8 Å². The molecule has 35 heavy (non-hydrogen) atoms. The third-order valence-corrected chi connectivity index (χ3v) is 6.48. The summed E-state index contributed by atoms with van der Waals surface area (Å²) in [5.74, 6) is 1.32. The van der Waals surface area contributed by atoms with Crippen molar-refractivity contribution in [2.24, 2.45) is 7.05 Å². The molecule has 0 saturated carbocycles. The number of anilines is 1. The maximum atomic E-state index is 12.2. The molecular formula is C23H23Cl2N5O4S. The van der Waals surface area contributed by atoms with Crippen molar-refractivity contribution in [1.29, 1.82) is 0 Å². The van der Waals surface area contributed by atoms with Crippen LogP contribution in [0.1, 0.15) is 11.4 Å². The second-order valence-electron chi connectivity index (χ2n) is 7.09. The number of thioether (sulfide) groups is 1. The molecule has 2 N–H and O–H groups in total. The van der Waals surface area contributed by atoms with Gasteiger partial charge >= 0.3 is 0 Å². The van der Waals surface area contributed by atoms with Gasteiger partial charge < -0.3 is 24.7 Å². The number of amides is 2. The Bertz CT molecular complexity index is 1250. The Morgan fingerprint density at radius 1 is 1.06 bits per heavy atom. The van der Waals surface area contributed by atoms with E-state index >= 15 is 0 Å². The van der Waals surface area contributed by atoms with Crippen LogP contribution in [0.5, 0.6) is 11.5 Å². The summed E-state index contributed by atoms with van der Waals surface area (Å²) < 4.78 is 12.2. The predicted molar refractivity (Wildman–Crippen MR) is 137 cm³/mol. The van der Waals surface area contributed by atoms with Gasteiger partial charge in [-0.3, -0.25) is 9.59 Å². The first-order valence-corrected chi connectivity index (χ1v) is 12.0. The van der Waals surface area contributed by atoms with Crippen molar-refractivity contribution in [2.45, 2.75) is 11.7 Å². The summed E-state index contributed by atoms with van der Waals surface area (Å²) >= 11 is 13.1. The number of carbonyl (C=O) groups excluding carboxylic acids is 2. The highest BCUT2D eigenvalue weighted by atomic mass is 35.5. The molecule has 0 fully saturated rings. The number of hydrogen-bond acceptors (Lipinski definition) is 7. The van der Waals surface area contributed by atoms with Gasteiger partial charge in [0.1, 0.15) is 0 Å². The van der Waals surface area contributed by atoms with Gasteiger partial charge in [-0.1, -0.05) is 41.0 Å². The monoisotopic (exact) mass is 535 g/mol. The van der Waals surface area contributed by atoms with Crippen molar-refractivity contribution < 1.29 is 19.1 Å². The molecule has 2 amide bonds. The number of aromatic nitrogens is 3. The van der Waals surface area contributed by atoms with Gasteiger partial charge in [0.05, 0.1) is 36.6 Å². The molecule has 0 atom stereocenters. The van der Waals surface area contributed by atoms with Gasteiger partial charge in [-0.2, -0.15) is 0 Å². The molecule has 0 aliphatic heterocycles. The van der Waals surface area contributed by atoms with Crippen molar-refractivity contribution in [3.8, 4) is 11.5 Å². The zero-order valence-electron chi connectivity index (χ0n) is 19.2. The van der Waals surface area contributed by atoms with E-state index in [-0.39, 0.29) is 24.1 Å². The largest absolute Gasteiger partial charge is 0.493 e. The van der Waals surface area contributed by atoms with E-state index in [1.165, 1.54) is 17.8 Å². The number of ether oxygens (including phenoxy) is 2. The molecule has 3 aromatic rings. The highest BCUT2D eigenvalue weighted by molar-refractivity contribution is 7.99. The molecule has 2 aromatic carbocycles. The van der Waals surface area contributed by atoms with Gasteiger partial charge in [0.25, 0.3) is 0 Å². The molecule has 0 unspecified atom stereocenters. The van der Waals surface area contributed by atoms with E-state index < -0.39 is 0 Å². The van der Waals surface area contributed by atoms with Gasteiger partial charge in [0.2, 0.25) is 11.8 Å². The summed E-state index contributed by atoms with van der Waals surface area (Å²) in [4.78, 5) is 24.5. The molecule has 9 nitrogen and oxygen atoms in total. The molecular weight excluding hydrogens is 513 g/mol. The van der Waals surface area contributed by atoms with Gasteiger partial charge in [-0.25, -0.2) is 0 Å². The van der Waals surface area contributed by atoms with Crippen LogP contribution in [0.15, 0.2) is 47.6 Å². The lowest BCUT2D eigenvalue weighted by Crippen LogP contribution is -2.22. The number of methoxy groups -OCH3 is 2. The Hall–Kier alpha value is -3.21. The number of benzene rings is 2. The zero-order chi connectivity index (χ0) is 25.4. The van der Waals surface area contributed by atoms with E-state index in [9.17, 15) is 9.59 Å². The van der Waals surface area contributed by atoms with Crippen LogP contribution in [0.4, 0.5) is 5.69 Å². The summed E-state index contributed by atoms with van der Waals surface area (Å²) in [6.45, 7) is 0.175. The van der Waals surface area contributed by atoms with Crippen LogP contribution in [0.3, 0.4) is 0 Å². The zero-order valence-corrected chi connectivity index (χ0v) is 21.5. The van der Waals surface area contributed by atoms with Crippen molar-refractivity contribution in [3.05, 3.63) is 63.9 Å². The molecule has 0 aliphatic rings. The summed E-state index contributed by atoms with van der Waals surface area (Å²) in [5, 5.41) is 15.0. The molecule has 1 aromatic heterocycles. The number of rotatable bonds is 10. The smallest absolute Gasteiger partial charge is 0.244 e. The fourth-order valence-electron chi connectivity index (χ4n) is 2.88. The summed E-state index contributed by atoms with van der Waals surface area (Å²) in [6.07, 6.45) is 3.09. The van der Waals surface area contributed by atoms with Gasteiger partial charge in [0.15, 0.2) is 22.5 Å². The average molecular weight is 536 g/mol. The van der Waals surface area contributed by atoms with Crippen molar-refractivity contribution in [2.75, 3.05) is 25.3 Å². The van der Waals surface area contributed by atoms with E-state index in [0.717, 1.165) is 5.56 Å². The molecule has 12 heteroatoms. The Labute approximate surface area is 216 Å². The molecule has 0 aliphatic carbocycles. The standard InChI is InChI=1S/C23H23Cl2N5O4S/c1-30-20(12-26-21(31)9-5-14-4-8-18(33-2)19(10-14)34-3)28-29-23(30)35-13-22(32)27-15-6-7-16(24)17(25)11-15/h4-11H,12-13H2,1-3H3,(H,26,31)(H,27,32)/b9-5+. The minimum absolute atomic E-state index is 0.118. The molecule has 0 radical (unpaired) electrons. The Morgan fingerprint density at radius 2 is 1.83 bits per heavy atom. The number of carbonyl (C=O) groups is 2. The van der Waals surface area contributed by atoms with E-state index in [1.54, 1.807) is 62.2 Å². The first-order chi connectivity index (χ1) is 16.8. The molecule has 0 bridgehead atoms. The maximum absolute atomic E-state index is 12.2. The van der Waals surface area contributed by atoms with E-state index in [4.69, 9.17) is 32.7 Å². The molecule has 0 spiro atoms. The Morgan fingerprint density at radius 3 is 2.54 bits per heavy atom. The number of halogens is 2. The average Bonchev–Trinajstić information content (AvgIpc) is 3.21. The highest BCUT2D eigenvalue weighted by Gasteiger charge is 2.13. The third kappa shape index (κ3) is 7.38. The number of nitrogens with one attached hydrogen (secondary N) is 2. The first-order valence-electron chi connectivity index (χ1n) is 10.2. The van der Waals surface area contributed by atoms with Gasteiger partial charge in [0, 0.05) is 18.8 Å². The summed E-state index contributed by atoms with van der Waals surface area (Å²) in [5.41, 5.74) is 1.33. The topological polar surface area (TPSA) is 107 Å². The molecule has 1 heterocycles. The lowest BCUT2D eigenvalue weighted by Gasteiger charge is -2.07. The van der Waals surface area contributed by atoms with Gasteiger partial charge in [-0.05, 0) is 42.0 Å². The van der Waals surface area contributed by atoms with E-state index in [0.29, 0.717) is 38.2 Å². The lowest BCUT2D eigenvalue weighted by atomic mass is 10.2. The Kier molecular flexibility index (Phi) is 9.41. The second kappa shape index (κ2) is 12.5. The van der Waals surface area contributed by atoms with Crippen LogP contribution in [-0.4, -0.2) is 46.6 Å². The Balaban J connectivity index is 1.49. The van der Waals surface area contributed by atoms with Crippen LogP contribution >= 0.6 is 35.0 Å². The summed E-state index contributed by atoms with van der Waals surface area (Å²) in [6, 6.07) is 10.2. The third-order valence-electron chi connectivity index (χ3n) is 4.72. The first kappa shape index (κ1) is 26.4. The lowest BCUT2D eigenvalue weighted by molar-refractivity contribution is -0.116. The molecule has 0 saturated heterocycles. The summed E-state index contributed by atoms with van der Waals surface area (Å²) in [7, 11) is 4.87. The normalized spacial score (nSPS) is 10.9. The van der Waals surface area contributed by atoms with Crippen LogP contribution in [0.25, 0.3) is 6.08 Å². The maximum Gasteiger partial charge on any atom is 0.244 e. The number of hydrogen-bond donors (Lipinski definition) is 2. The minimum atomic E-state index is -0.294. The second-order valence-corrected chi connectivity index (χ2v) is 8.85. The predicted octanol–water partition coefficient (Wildman–Crippen LogP) is 4.20. The van der Waals surface area contributed by atoms with Gasteiger partial charge in [-0.15, -0.1) is 10.2 Å². The molecule has 3 rings (SSSR count). The fraction of sp³-hybridized carbons (Fsp3) is 0.217. The van der Waals surface area contributed by atoms with Crippen molar-refractivity contribution in [1.82, 2.24) is 20.1 Å². The quantitative estimate of drug-likeness (QED) is 0.296. The number of nitrogens with zero attached hydrogens (tertiary/aromatic N) is 3. The molecule has 184 valence electrons. The highest BCUT2D eigenvalue weighted by Crippen LogP contribution is 2.28. The van der Waals surface area contributed by atoms with Crippen LogP contribution in [-0.2, 0) is 23.2 Å². The van der Waals surface area contributed by atoms with Crippen molar-refractivity contribution in [3.63, 3.8) is 0 Å². The minimum Gasteiger partial charge on any atom is -0.493 e. The fourth-order valence-corrected chi connectivity index (χ4v) is 3.91. The van der Waals surface area contributed by atoms with E-state index in [1.807, 2.05) is 6.07 Å².